The van der Waals surface area contributed by atoms with Gasteiger partial charge in [-0.05, 0) is 132 Å². The first-order valence-corrected chi connectivity index (χ1v) is 20.5. The number of likely N-dealkylation sites (tertiary alicyclic amines) is 2. The SMILES string of the molecule is CC(=O)O[C@@]12C[C@@H](C(N)=O)C[C@@]13CCN(CC1CC1)[C@@H]2Cc1ccc(C)cc13.Cc1ccc2c(c1)[C@]13CCN(CC4CC4)[C@H](C2)[C@]1(O)C[C@@H](C(N)=O)C3. The minimum atomic E-state index is -0.819. The zero-order valence-corrected chi connectivity index (χ0v) is 31.9. The fourth-order valence-corrected chi connectivity index (χ4v) is 12.7. The molecule has 53 heavy (non-hydrogen) atoms. The van der Waals surface area contributed by atoms with Crippen molar-refractivity contribution in [3.8, 4) is 0 Å². The number of piperidine rings is 2. The Morgan fingerprint density at radius 3 is 1.77 bits per heavy atom. The first-order valence-electron chi connectivity index (χ1n) is 20.5. The molecule has 8 atom stereocenters. The van der Waals surface area contributed by atoms with Gasteiger partial charge in [0.05, 0.1) is 11.6 Å². The fourth-order valence-electron chi connectivity index (χ4n) is 12.7. The normalized spacial score (nSPS) is 38.0. The van der Waals surface area contributed by atoms with Gasteiger partial charge in [0.1, 0.15) is 5.60 Å². The van der Waals surface area contributed by atoms with E-state index in [-0.39, 0.29) is 52.5 Å². The molecule has 2 aliphatic heterocycles. The summed E-state index contributed by atoms with van der Waals surface area (Å²) in [6, 6.07) is 13.6. The molecule has 8 aliphatic rings. The van der Waals surface area contributed by atoms with Crippen molar-refractivity contribution in [1.29, 1.82) is 0 Å². The third kappa shape index (κ3) is 5.45. The molecule has 0 unspecified atom stereocenters. The first kappa shape index (κ1) is 35.4. The van der Waals surface area contributed by atoms with E-state index in [0.29, 0.717) is 25.7 Å². The summed E-state index contributed by atoms with van der Waals surface area (Å²) in [6.07, 6.45) is 11.4. The van der Waals surface area contributed by atoms with E-state index < -0.39 is 11.2 Å². The van der Waals surface area contributed by atoms with E-state index >= 15 is 0 Å². The van der Waals surface area contributed by atoms with Crippen LogP contribution in [0.3, 0.4) is 0 Å². The number of amides is 2. The second kappa shape index (κ2) is 12.4. The van der Waals surface area contributed by atoms with Gasteiger partial charge in [0.2, 0.25) is 11.8 Å². The molecular weight excluding hydrogens is 665 g/mol. The summed E-state index contributed by atoms with van der Waals surface area (Å²) in [7, 11) is 0. The standard InChI is InChI=1S/C23H30N2O3.C21H28N2O2/c1-14-3-6-17-10-20-23(28-15(2)26)12-18(21(24)27)11-22(23,19(17)9-14)7-8-25(20)13-16-4-5-16;1-13-2-5-15-9-18-21(25)11-16(19(22)24)10-20(21,17(15)8-13)6-7-23(18)12-14-3-4-14/h3,6,9,16,18,20H,4-5,7-8,10-13H2,1-2H3,(H2,24,27);2,5,8,14,16,18,25H,3-4,6-7,9-12H2,1H3,(H2,22,24)/t18-,20+,22+,23+;16-,18+,20+,21+/m00/s1. The molecule has 2 aromatic rings. The first-order chi connectivity index (χ1) is 25.3. The second-order valence-electron chi connectivity index (χ2n) is 18.7. The Morgan fingerprint density at radius 2 is 1.23 bits per heavy atom. The molecule has 9 nitrogen and oxygen atoms in total. The molecule has 10 rings (SSSR count). The van der Waals surface area contributed by atoms with Gasteiger partial charge in [-0.2, -0.15) is 0 Å². The van der Waals surface area contributed by atoms with Crippen molar-refractivity contribution in [2.45, 2.75) is 132 Å². The molecule has 6 fully saturated rings. The predicted octanol–water partition coefficient (Wildman–Crippen LogP) is 4.37. The molecular formula is C44H58N4O5. The smallest absolute Gasteiger partial charge is 0.303 e. The lowest BCUT2D eigenvalue weighted by atomic mass is 9.55. The quantitative estimate of drug-likeness (QED) is 0.361. The van der Waals surface area contributed by atoms with E-state index in [2.05, 4.69) is 60.0 Å². The van der Waals surface area contributed by atoms with E-state index in [1.54, 1.807) is 0 Å². The summed E-state index contributed by atoms with van der Waals surface area (Å²) in [6.45, 7) is 9.94. The number of hydrogen-bond acceptors (Lipinski definition) is 7. The molecule has 9 heteroatoms. The van der Waals surface area contributed by atoms with Crippen LogP contribution in [0.2, 0.25) is 0 Å². The van der Waals surface area contributed by atoms with E-state index in [9.17, 15) is 19.5 Å². The van der Waals surface area contributed by atoms with Crippen molar-refractivity contribution in [2.24, 2.45) is 35.1 Å². The fraction of sp³-hybridized carbons (Fsp3) is 0.659. The van der Waals surface area contributed by atoms with Gasteiger partial charge in [-0.1, -0.05) is 47.5 Å². The number of benzene rings is 2. The van der Waals surface area contributed by atoms with Gasteiger partial charge >= 0.3 is 5.97 Å². The maximum Gasteiger partial charge on any atom is 0.303 e. The summed E-state index contributed by atoms with van der Waals surface area (Å²) in [5.74, 6) is 0.381. The van der Waals surface area contributed by atoms with E-state index in [1.165, 1.54) is 66.0 Å². The van der Waals surface area contributed by atoms with Crippen molar-refractivity contribution >= 4 is 17.8 Å². The molecule has 2 saturated heterocycles. The van der Waals surface area contributed by atoms with Crippen LogP contribution in [-0.4, -0.2) is 82.2 Å². The number of nitrogens with zero attached hydrogens (tertiary/aromatic N) is 2. The van der Waals surface area contributed by atoms with Crippen LogP contribution in [0.5, 0.6) is 0 Å². The number of hydrogen-bond donors (Lipinski definition) is 3. The average molecular weight is 723 g/mol. The van der Waals surface area contributed by atoms with Gasteiger partial charge < -0.3 is 21.3 Å². The molecule has 4 saturated carbocycles. The van der Waals surface area contributed by atoms with Gasteiger partial charge in [0.15, 0.2) is 0 Å². The highest BCUT2D eigenvalue weighted by Crippen LogP contribution is 2.64. The van der Waals surface area contributed by atoms with Gasteiger partial charge in [-0.15, -0.1) is 0 Å². The highest BCUT2D eigenvalue weighted by molar-refractivity contribution is 5.79. The average Bonchev–Trinajstić information content (AvgIpc) is 4.03. The number of rotatable bonds is 7. The maximum atomic E-state index is 12.3. The zero-order chi connectivity index (χ0) is 37.1. The van der Waals surface area contributed by atoms with Crippen LogP contribution in [-0.2, 0) is 42.8 Å². The van der Waals surface area contributed by atoms with Crippen molar-refractivity contribution in [3.05, 3.63) is 69.8 Å². The Hall–Kier alpha value is -3.27. The molecule has 284 valence electrons. The van der Waals surface area contributed by atoms with E-state index in [4.69, 9.17) is 16.2 Å². The zero-order valence-electron chi connectivity index (χ0n) is 31.9. The monoisotopic (exact) mass is 722 g/mol. The topological polar surface area (TPSA) is 139 Å². The Kier molecular flexibility index (Phi) is 8.27. The van der Waals surface area contributed by atoms with Crippen LogP contribution < -0.4 is 11.5 Å². The molecule has 2 heterocycles. The number of carbonyl (C=O) groups is 3. The van der Waals surface area contributed by atoms with Crippen LogP contribution in [0, 0.1) is 37.5 Å². The number of aliphatic hydroxyl groups is 1. The van der Waals surface area contributed by atoms with Crippen molar-refractivity contribution in [2.75, 3.05) is 26.2 Å². The summed E-state index contributed by atoms with van der Waals surface area (Å²) < 4.78 is 6.28. The van der Waals surface area contributed by atoms with E-state index in [1.807, 2.05) is 0 Å². The number of primary amides is 2. The largest absolute Gasteiger partial charge is 0.457 e. The molecule has 2 aromatic carbocycles. The minimum Gasteiger partial charge on any atom is -0.457 e. The third-order valence-electron chi connectivity index (χ3n) is 15.5. The van der Waals surface area contributed by atoms with Gasteiger partial charge in [-0.3, -0.25) is 24.2 Å². The van der Waals surface area contributed by atoms with Crippen LogP contribution in [0.1, 0.15) is 105 Å². The molecule has 5 N–H and O–H groups in total. The molecule has 2 amide bonds. The van der Waals surface area contributed by atoms with Crippen LogP contribution >= 0.6 is 0 Å². The number of aryl methyl sites for hydroxylation is 2. The lowest BCUT2D eigenvalue weighted by molar-refractivity contribution is -0.189. The predicted molar refractivity (Wildman–Crippen MR) is 202 cm³/mol. The number of nitrogens with two attached hydrogens (primary N) is 2. The van der Waals surface area contributed by atoms with Crippen LogP contribution in [0.15, 0.2) is 36.4 Å². The number of ether oxygens (including phenoxy) is 1. The maximum absolute atomic E-state index is 12.3. The van der Waals surface area contributed by atoms with Gasteiger partial charge in [0, 0.05) is 55.1 Å². The molecule has 0 aromatic heterocycles. The van der Waals surface area contributed by atoms with Crippen molar-refractivity contribution < 1.29 is 24.2 Å². The molecule has 0 spiro atoms. The second-order valence-corrected chi connectivity index (χ2v) is 18.7. The summed E-state index contributed by atoms with van der Waals surface area (Å²) in [5, 5.41) is 12.0. The Morgan fingerprint density at radius 1 is 0.736 bits per heavy atom. The molecule has 0 radical (unpaired) electrons. The minimum absolute atomic E-state index is 0.126. The summed E-state index contributed by atoms with van der Waals surface area (Å²) in [4.78, 5) is 41.7. The number of carbonyl (C=O) groups excluding carboxylic acids is 3. The van der Waals surface area contributed by atoms with Crippen LogP contribution in [0.25, 0.3) is 0 Å². The number of esters is 1. The van der Waals surface area contributed by atoms with Crippen LogP contribution in [0.4, 0.5) is 0 Å². The van der Waals surface area contributed by atoms with Gasteiger partial charge in [-0.25, -0.2) is 0 Å². The van der Waals surface area contributed by atoms with E-state index in [0.717, 1.165) is 63.7 Å². The highest BCUT2D eigenvalue weighted by atomic mass is 16.6. The Bertz CT molecular complexity index is 1860. The summed E-state index contributed by atoms with van der Waals surface area (Å²) >= 11 is 0. The Labute approximate surface area is 314 Å². The highest BCUT2D eigenvalue weighted by Gasteiger charge is 2.71. The van der Waals surface area contributed by atoms with Crippen molar-refractivity contribution in [1.82, 2.24) is 9.80 Å². The third-order valence-corrected chi connectivity index (χ3v) is 15.5. The molecule has 6 aliphatic carbocycles. The lowest BCUT2D eigenvalue weighted by Gasteiger charge is -2.60. The molecule has 4 bridgehead atoms. The lowest BCUT2D eigenvalue weighted by Crippen LogP contribution is -2.70. The Balaban J connectivity index is 0.000000141. The summed E-state index contributed by atoms with van der Waals surface area (Å²) in [5.41, 5.74) is 17.2. The van der Waals surface area contributed by atoms with Crippen molar-refractivity contribution in [3.63, 3.8) is 0 Å². The van der Waals surface area contributed by atoms with Gasteiger partial charge in [0.25, 0.3) is 0 Å². The number of fused-ring (bicyclic) bond motifs is 2.